The number of hydrogen-bond donors (Lipinski definition) is 0. The van der Waals surface area contributed by atoms with Crippen molar-refractivity contribution in [1.29, 1.82) is 0 Å². The third kappa shape index (κ3) is 1.93. The summed E-state index contributed by atoms with van der Waals surface area (Å²) in [7, 11) is 0. The van der Waals surface area contributed by atoms with Gasteiger partial charge in [0.05, 0.1) is 16.6 Å². The van der Waals surface area contributed by atoms with Crippen LogP contribution in [0.25, 0.3) is 59.9 Å². The largest absolute Gasteiger partial charge is 0.292 e. The summed E-state index contributed by atoms with van der Waals surface area (Å²) in [6, 6.07) is 34.7. The van der Waals surface area contributed by atoms with Crippen molar-refractivity contribution in [3.8, 4) is 0 Å². The average Bonchev–Trinajstić information content (AvgIpc) is 3.17. The molecular formula is C27H16N2. The number of pyridine rings is 1. The third-order valence-corrected chi connectivity index (χ3v) is 6.11. The molecule has 0 fully saturated rings. The van der Waals surface area contributed by atoms with E-state index >= 15 is 0 Å². The molecule has 2 aromatic heterocycles. The van der Waals surface area contributed by atoms with Gasteiger partial charge in [0.1, 0.15) is 5.65 Å². The van der Waals surface area contributed by atoms with Crippen LogP contribution < -0.4 is 0 Å². The van der Waals surface area contributed by atoms with E-state index in [2.05, 4.69) is 101 Å². The van der Waals surface area contributed by atoms with E-state index in [1.165, 1.54) is 43.2 Å². The standard InChI is InChI=1S/C27H16N2/c1-2-9-19-16-25-22(15-18(19)8-1)21-14-13-17-7-3-4-10-20(17)26(21)27-28-23-11-5-6-12-24(23)29(25)27/h1-16H. The summed E-state index contributed by atoms with van der Waals surface area (Å²) in [6.07, 6.45) is 0. The minimum absolute atomic E-state index is 1.03. The zero-order valence-corrected chi connectivity index (χ0v) is 15.6. The van der Waals surface area contributed by atoms with Gasteiger partial charge in [-0.05, 0) is 51.2 Å². The number of hydrogen-bond acceptors (Lipinski definition) is 1. The fraction of sp³-hybridized carbons (Fsp3) is 0. The lowest BCUT2D eigenvalue weighted by Crippen LogP contribution is -1.93. The first-order valence-corrected chi connectivity index (χ1v) is 9.92. The lowest BCUT2D eigenvalue weighted by Gasteiger charge is -2.12. The second-order valence-corrected chi connectivity index (χ2v) is 7.69. The third-order valence-electron chi connectivity index (χ3n) is 6.11. The molecule has 0 atom stereocenters. The highest BCUT2D eigenvalue weighted by Gasteiger charge is 2.16. The molecule has 7 rings (SSSR count). The Hall–Kier alpha value is -3.91. The highest BCUT2D eigenvalue weighted by molar-refractivity contribution is 6.24. The van der Waals surface area contributed by atoms with E-state index in [0.717, 1.165) is 16.7 Å². The van der Waals surface area contributed by atoms with Gasteiger partial charge in [0, 0.05) is 10.8 Å². The molecule has 0 aliphatic heterocycles. The summed E-state index contributed by atoms with van der Waals surface area (Å²) in [5.74, 6) is 0. The smallest absolute Gasteiger partial charge is 0.147 e. The number of benzene rings is 5. The maximum Gasteiger partial charge on any atom is 0.147 e. The predicted octanol–water partition coefficient (Wildman–Crippen LogP) is 7.10. The molecule has 0 spiro atoms. The van der Waals surface area contributed by atoms with E-state index < -0.39 is 0 Å². The topological polar surface area (TPSA) is 17.3 Å². The minimum atomic E-state index is 1.03. The van der Waals surface area contributed by atoms with E-state index in [4.69, 9.17) is 4.98 Å². The Morgan fingerprint density at radius 2 is 1.24 bits per heavy atom. The first-order chi connectivity index (χ1) is 14.4. The molecule has 0 amide bonds. The van der Waals surface area contributed by atoms with Crippen LogP contribution in [0.5, 0.6) is 0 Å². The highest BCUT2D eigenvalue weighted by Crippen LogP contribution is 2.37. The fourth-order valence-corrected chi connectivity index (χ4v) is 4.80. The van der Waals surface area contributed by atoms with E-state index in [1.54, 1.807) is 0 Å². The van der Waals surface area contributed by atoms with Gasteiger partial charge in [-0.2, -0.15) is 0 Å². The average molecular weight is 368 g/mol. The summed E-state index contributed by atoms with van der Waals surface area (Å²) >= 11 is 0. The molecule has 2 nitrogen and oxygen atoms in total. The fourth-order valence-electron chi connectivity index (χ4n) is 4.80. The van der Waals surface area contributed by atoms with Crippen LogP contribution in [0.1, 0.15) is 0 Å². The van der Waals surface area contributed by atoms with Crippen LogP contribution in [0.15, 0.2) is 97.1 Å². The maximum absolute atomic E-state index is 5.09. The van der Waals surface area contributed by atoms with E-state index in [9.17, 15) is 0 Å². The summed E-state index contributed by atoms with van der Waals surface area (Å²) in [5, 5.41) is 8.75. The van der Waals surface area contributed by atoms with Crippen molar-refractivity contribution in [2.24, 2.45) is 0 Å². The van der Waals surface area contributed by atoms with Crippen LogP contribution in [0.2, 0.25) is 0 Å². The van der Waals surface area contributed by atoms with Crippen LogP contribution in [-0.4, -0.2) is 9.38 Å². The van der Waals surface area contributed by atoms with Gasteiger partial charge < -0.3 is 0 Å². The number of imidazole rings is 1. The number of rotatable bonds is 0. The summed E-state index contributed by atoms with van der Waals surface area (Å²) in [6.45, 7) is 0. The zero-order valence-electron chi connectivity index (χ0n) is 15.6. The second-order valence-electron chi connectivity index (χ2n) is 7.69. The van der Waals surface area contributed by atoms with Crippen LogP contribution in [0, 0.1) is 0 Å². The Kier molecular flexibility index (Phi) is 2.77. The molecule has 0 aliphatic rings. The number of fused-ring (bicyclic) bond motifs is 11. The maximum atomic E-state index is 5.09. The SMILES string of the molecule is c1ccc2cc3c(cc2c1)c1ccc2ccccc2c1c1nc2ccccc2n31. The molecule has 0 radical (unpaired) electrons. The summed E-state index contributed by atoms with van der Waals surface area (Å²) in [4.78, 5) is 5.09. The van der Waals surface area contributed by atoms with E-state index in [1.807, 2.05) is 0 Å². The molecule has 0 saturated heterocycles. The molecule has 0 saturated carbocycles. The molecule has 29 heavy (non-hydrogen) atoms. The number of aromatic nitrogens is 2. The van der Waals surface area contributed by atoms with Crippen LogP contribution in [0.3, 0.4) is 0 Å². The number of nitrogens with zero attached hydrogens (tertiary/aromatic N) is 2. The minimum Gasteiger partial charge on any atom is -0.292 e. The van der Waals surface area contributed by atoms with Crippen LogP contribution in [-0.2, 0) is 0 Å². The van der Waals surface area contributed by atoms with Crippen molar-refractivity contribution in [2.45, 2.75) is 0 Å². The summed E-state index contributed by atoms with van der Waals surface area (Å²) in [5.41, 5.74) is 4.41. The first-order valence-electron chi connectivity index (χ1n) is 9.92. The van der Waals surface area contributed by atoms with Crippen molar-refractivity contribution in [2.75, 3.05) is 0 Å². The van der Waals surface area contributed by atoms with Crippen molar-refractivity contribution in [1.82, 2.24) is 9.38 Å². The molecule has 2 heteroatoms. The lowest BCUT2D eigenvalue weighted by atomic mass is 9.98. The van der Waals surface area contributed by atoms with Crippen molar-refractivity contribution < 1.29 is 0 Å². The molecule has 2 heterocycles. The lowest BCUT2D eigenvalue weighted by molar-refractivity contribution is 1.32. The highest BCUT2D eigenvalue weighted by atomic mass is 15.0. The van der Waals surface area contributed by atoms with Gasteiger partial charge in [0.25, 0.3) is 0 Å². The number of para-hydroxylation sites is 2. The Labute approximate surface area is 166 Å². The molecule has 7 aromatic rings. The van der Waals surface area contributed by atoms with Gasteiger partial charge in [-0.15, -0.1) is 0 Å². The quantitative estimate of drug-likeness (QED) is 0.206. The van der Waals surface area contributed by atoms with Gasteiger partial charge in [-0.3, -0.25) is 4.40 Å². The molecular weight excluding hydrogens is 352 g/mol. The molecule has 134 valence electrons. The van der Waals surface area contributed by atoms with Gasteiger partial charge in [0.2, 0.25) is 0 Å². The van der Waals surface area contributed by atoms with Gasteiger partial charge in [-0.1, -0.05) is 72.8 Å². The summed E-state index contributed by atoms with van der Waals surface area (Å²) < 4.78 is 2.34. The van der Waals surface area contributed by atoms with Crippen LogP contribution >= 0.6 is 0 Å². The van der Waals surface area contributed by atoms with Crippen molar-refractivity contribution >= 4 is 59.9 Å². The molecule has 0 aliphatic carbocycles. The Bertz CT molecular complexity index is 1760. The van der Waals surface area contributed by atoms with Gasteiger partial charge >= 0.3 is 0 Å². The van der Waals surface area contributed by atoms with E-state index in [-0.39, 0.29) is 0 Å². The molecule has 0 N–H and O–H groups in total. The zero-order chi connectivity index (χ0) is 18.9. The Morgan fingerprint density at radius 3 is 2.14 bits per heavy atom. The van der Waals surface area contributed by atoms with Gasteiger partial charge in [-0.25, -0.2) is 4.98 Å². The van der Waals surface area contributed by atoms with Gasteiger partial charge in [0.15, 0.2) is 0 Å². The predicted molar refractivity (Wildman–Crippen MR) is 123 cm³/mol. The molecule has 0 unspecified atom stereocenters. The Morgan fingerprint density at radius 1 is 0.517 bits per heavy atom. The Balaban J connectivity index is 1.90. The first kappa shape index (κ1) is 15.1. The second kappa shape index (κ2) is 5.33. The molecule has 5 aromatic carbocycles. The van der Waals surface area contributed by atoms with Crippen molar-refractivity contribution in [3.05, 3.63) is 97.1 Å². The van der Waals surface area contributed by atoms with E-state index in [0.29, 0.717) is 0 Å². The monoisotopic (exact) mass is 368 g/mol. The van der Waals surface area contributed by atoms with Crippen molar-refractivity contribution in [3.63, 3.8) is 0 Å². The van der Waals surface area contributed by atoms with Crippen LogP contribution in [0.4, 0.5) is 0 Å². The molecule has 0 bridgehead atoms. The normalized spacial score (nSPS) is 12.1.